The zero-order chi connectivity index (χ0) is 10.3. The third kappa shape index (κ3) is 8.04. The maximum atomic E-state index is 3.79. The van der Waals surface area contributed by atoms with Crippen LogP contribution in [0.5, 0.6) is 0 Å². The third-order valence-electron chi connectivity index (χ3n) is 2.28. The molecule has 0 heterocycles. The Balaban J connectivity index is 3.45. The van der Waals surface area contributed by atoms with Crippen molar-refractivity contribution in [2.45, 2.75) is 53.0 Å². The van der Waals surface area contributed by atoms with Crippen molar-refractivity contribution in [1.82, 2.24) is 5.32 Å². The molecule has 0 aromatic carbocycles. The van der Waals surface area contributed by atoms with Gasteiger partial charge in [-0.2, -0.15) is 0 Å². The van der Waals surface area contributed by atoms with E-state index in [1.54, 1.807) is 0 Å². The topological polar surface area (TPSA) is 12.0 Å². The van der Waals surface area contributed by atoms with Crippen LogP contribution in [0, 0.1) is 5.41 Å². The fourth-order valence-electron chi connectivity index (χ4n) is 1.45. The van der Waals surface area contributed by atoms with Crippen molar-refractivity contribution in [2.24, 2.45) is 5.41 Å². The van der Waals surface area contributed by atoms with Crippen LogP contribution < -0.4 is 5.32 Å². The lowest BCUT2D eigenvalue weighted by Gasteiger charge is -2.22. The predicted molar refractivity (Wildman–Crippen MR) is 61.0 cm³/mol. The highest BCUT2D eigenvalue weighted by molar-refractivity contribution is 4.79. The summed E-state index contributed by atoms with van der Waals surface area (Å²) < 4.78 is 0. The van der Waals surface area contributed by atoms with Gasteiger partial charge in [-0.05, 0) is 31.2 Å². The van der Waals surface area contributed by atoms with Gasteiger partial charge in [0, 0.05) is 6.04 Å². The van der Waals surface area contributed by atoms with E-state index in [4.69, 9.17) is 0 Å². The van der Waals surface area contributed by atoms with Crippen LogP contribution in [-0.4, -0.2) is 12.6 Å². The van der Waals surface area contributed by atoms with Gasteiger partial charge in [-0.3, -0.25) is 0 Å². The molecule has 0 radical (unpaired) electrons. The summed E-state index contributed by atoms with van der Waals surface area (Å²) in [7, 11) is 0. The van der Waals surface area contributed by atoms with Gasteiger partial charge in [-0.25, -0.2) is 0 Å². The van der Waals surface area contributed by atoms with Crippen molar-refractivity contribution in [1.29, 1.82) is 0 Å². The summed E-state index contributed by atoms with van der Waals surface area (Å²) in [6.45, 7) is 13.9. The summed E-state index contributed by atoms with van der Waals surface area (Å²) in [4.78, 5) is 0. The highest BCUT2D eigenvalue weighted by atomic mass is 14.9. The second-order valence-electron chi connectivity index (χ2n) is 4.87. The molecule has 1 nitrogen and oxygen atoms in total. The van der Waals surface area contributed by atoms with E-state index in [1.165, 1.54) is 12.8 Å². The van der Waals surface area contributed by atoms with E-state index < -0.39 is 0 Å². The Morgan fingerprint density at radius 3 is 2.46 bits per heavy atom. The maximum absolute atomic E-state index is 3.79. The molecule has 0 aromatic heterocycles. The first-order valence-corrected chi connectivity index (χ1v) is 5.32. The number of nitrogens with one attached hydrogen (secondary N) is 1. The van der Waals surface area contributed by atoms with Crippen LogP contribution in [0.1, 0.15) is 47.0 Å². The van der Waals surface area contributed by atoms with Crippen LogP contribution in [0.3, 0.4) is 0 Å². The standard InChI is InChI=1S/C12H25N/c1-6-8-12(4,5)9-7-10-13-11(2)3/h6,11,13H,1,7-10H2,2-5H3. The summed E-state index contributed by atoms with van der Waals surface area (Å²) in [5.41, 5.74) is 0.431. The smallest absolute Gasteiger partial charge is 0.00103 e. The molecule has 78 valence electrons. The molecule has 0 aliphatic carbocycles. The number of hydrogen-bond acceptors (Lipinski definition) is 1. The molecule has 0 amide bonds. The summed E-state index contributed by atoms with van der Waals surface area (Å²) in [6.07, 6.45) is 5.68. The van der Waals surface area contributed by atoms with Gasteiger partial charge in [0.2, 0.25) is 0 Å². The minimum Gasteiger partial charge on any atom is -0.315 e. The molecule has 0 rings (SSSR count). The molecule has 0 aliphatic heterocycles. The Morgan fingerprint density at radius 2 is 2.00 bits per heavy atom. The SMILES string of the molecule is C=CCC(C)(C)CCCNC(C)C. The van der Waals surface area contributed by atoms with Crippen molar-refractivity contribution in [2.75, 3.05) is 6.54 Å². The summed E-state index contributed by atoms with van der Waals surface area (Å²) in [6, 6.07) is 0.613. The van der Waals surface area contributed by atoms with Crippen LogP contribution in [-0.2, 0) is 0 Å². The molecule has 13 heavy (non-hydrogen) atoms. The second kappa shape index (κ2) is 6.20. The Hall–Kier alpha value is -0.300. The first-order valence-electron chi connectivity index (χ1n) is 5.32. The summed E-state index contributed by atoms with van der Waals surface area (Å²) >= 11 is 0. The van der Waals surface area contributed by atoms with Gasteiger partial charge in [0.05, 0.1) is 0 Å². The van der Waals surface area contributed by atoms with E-state index in [1.807, 2.05) is 6.08 Å². The van der Waals surface area contributed by atoms with Crippen LogP contribution >= 0.6 is 0 Å². The van der Waals surface area contributed by atoms with E-state index in [9.17, 15) is 0 Å². The number of rotatable bonds is 7. The predicted octanol–water partition coefficient (Wildman–Crippen LogP) is 3.37. The van der Waals surface area contributed by atoms with E-state index in [2.05, 4.69) is 39.6 Å². The monoisotopic (exact) mass is 183 g/mol. The Morgan fingerprint density at radius 1 is 1.38 bits per heavy atom. The number of hydrogen-bond donors (Lipinski definition) is 1. The van der Waals surface area contributed by atoms with Crippen LogP contribution in [0.25, 0.3) is 0 Å². The molecule has 0 aromatic rings. The minimum atomic E-state index is 0.431. The fraction of sp³-hybridized carbons (Fsp3) is 0.833. The minimum absolute atomic E-state index is 0.431. The largest absolute Gasteiger partial charge is 0.315 e. The Kier molecular flexibility index (Phi) is 6.06. The first-order chi connectivity index (χ1) is 5.98. The zero-order valence-electron chi connectivity index (χ0n) is 9.69. The lowest BCUT2D eigenvalue weighted by molar-refractivity contribution is 0.324. The van der Waals surface area contributed by atoms with Crippen LogP contribution in [0.15, 0.2) is 12.7 Å². The van der Waals surface area contributed by atoms with E-state index >= 15 is 0 Å². The molecule has 0 saturated carbocycles. The van der Waals surface area contributed by atoms with Gasteiger partial charge in [0.25, 0.3) is 0 Å². The summed E-state index contributed by atoms with van der Waals surface area (Å²) in [5.74, 6) is 0. The molecular weight excluding hydrogens is 158 g/mol. The normalized spacial score (nSPS) is 12.1. The molecule has 0 saturated heterocycles. The molecule has 1 N–H and O–H groups in total. The Labute approximate surface area is 83.6 Å². The molecule has 0 unspecified atom stereocenters. The average Bonchev–Trinajstić information content (AvgIpc) is 1.98. The van der Waals surface area contributed by atoms with Crippen molar-refractivity contribution >= 4 is 0 Å². The molecule has 0 aliphatic rings. The van der Waals surface area contributed by atoms with Crippen molar-refractivity contribution < 1.29 is 0 Å². The maximum Gasteiger partial charge on any atom is 0.00103 e. The van der Waals surface area contributed by atoms with Gasteiger partial charge in [-0.15, -0.1) is 6.58 Å². The third-order valence-corrected chi connectivity index (χ3v) is 2.28. The number of allylic oxidation sites excluding steroid dienone is 1. The zero-order valence-corrected chi connectivity index (χ0v) is 9.69. The van der Waals surface area contributed by atoms with Crippen LogP contribution in [0.2, 0.25) is 0 Å². The quantitative estimate of drug-likeness (QED) is 0.471. The first kappa shape index (κ1) is 12.7. The van der Waals surface area contributed by atoms with Crippen molar-refractivity contribution in [3.05, 3.63) is 12.7 Å². The van der Waals surface area contributed by atoms with E-state index in [0.29, 0.717) is 11.5 Å². The average molecular weight is 183 g/mol. The lowest BCUT2D eigenvalue weighted by atomic mass is 9.84. The Bertz CT molecular complexity index is 136. The molecule has 0 atom stereocenters. The van der Waals surface area contributed by atoms with Crippen molar-refractivity contribution in [3.8, 4) is 0 Å². The van der Waals surface area contributed by atoms with Gasteiger partial charge in [0.15, 0.2) is 0 Å². The molecule has 1 heteroatoms. The molecule has 0 fully saturated rings. The van der Waals surface area contributed by atoms with Gasteiger partial charge in [0.1, 0.15) is 0 Å². The van der Waals surface area contributed by atoms with E-state index in [-0.39, 0.29) is 0 Å². The highest BCUT2D eigenvalue weighted by Gasteiger charge is 2.14. The lowest BCUT2D eigenvalue weighted by Crippen LogP contribution is -2.24. The summed E-state index contributed by atoms with van der Waals surface area (Å²) in [5, 5.41) is 3.43. The van der Waals surface area contributed by atoms with Gasteiger partial charge >= 0.3 is 0 Å². The van der Waals surface area contributed by atoms with Crippen LogP contribution in [0.4, 0.5) is 0 Å². The van der Waals surface area contributed by atoms with Gasteiger partial charge < -0.3 is 5.32 Å². The molecule has 0 spiro atoms. The van der Waals surface area contributed by atoms with Crippen molar-refractivity contribution in [3.63, 3.8) is 0 Å². The highest BCUT2D eigenvalue weighted by Crippen LogP contribution is 2.26. The molecular formula is C12H25N. The van der Waals surface area contributed by atoms with E-state index in [0.717, 1.165) is 13.0 Å². The fourth-order valence-corrected chi connectivity index (χ4v) is 1.45. The second-order valence-corrected chi connectivity index (χ2v) is 4.87. The van der Waals surface area contributed by atoms with Gasteiger partial charge in [-0.1, -0.05) is 33.8 Å². The molecule has 0 bridgehead atoms.